The molecule has 0 spiro atoms. The van der Waals surface area contributed by atoms with Gasteiger partial charge in [-0.05, 0) is 49.5 Å². The van der Waals surface area contributed by atoms with Crippen LogP contribution in [0.4, 0.5) is 5.69 Å². The molecule has 1 heterocycles. The second-order valence-corrected chi connectivity index (χ2v) is 6.95. The van der Waals surface area contributed by atoms with Crippen LogP contribution in [0.25, 0.3) is 0 Å². The van der Waals surface area contributed by atoms with E-state index in [1.54, 1.807) is 18.5 Å². The molecule has 0 amide bonds. The maximum absolute atomic E-state index is 11.8. The number of rotatable bonds is 4. The minimum Gasteiger partial charge on any atom is -0.398 e. The number of aryl methyl sites for hydroxylation is 1. The molecule has 0 aliphatic heterocycles. The fourth-order valence-corrected chi connectivity index (χ4v) is 3.03. The Morgan fingerprint density at radius 3 is 2.50 bits per heavy atom. The summed E-state index contributed by atoms with van der Waals surface area (Å²) in [7, 11) is -2.13. The van der Waals surface area contributed by atoms with Crippen molar-refractivity contribution >= 4 is 27.5 Å². The Kier molecular flexibility index (Phi) is 4.26. The summed E-state index contributed by atoms with van der Waals surface area (Å²) < 4.78 is 25.8. The van der Waals surface area contributed by atoms with Crippen LogP contribution in [-0.2, 0) is 10.0 Å². The normalized spacial score (nSPS) is 11.5. The largest absolute Gasteiger partial charge is 0.398 e. The number of aromatic nitrogens is 2. The first-order valence-corrected chi connectivity index (χ1v) is 8.02. The zero-order valence-corrected chi connectivity index (χ0v) is 12.6. The monoisotopic (exact) mass is 310 g/mol. The lowest BCUT2D eigenvalue weighted by atomic mass is 10.3. The molecule has 0 aliphatic rings. The molecule has 3 N–H and O–H groups in total. The average Bonchev–Trinajstić information content (AvgIpc) is 2.43. The minimum absolute atomic E-state index is 0.156. The Morgan fingerprint density at radius 2 is 1.90 bits per heavy atom. The SMILES string of the molecule is CNS(=O)(=O)c1ccc(N)c(Sc2ncc(C)cn2)c1. The van der Waals surface area contributed by atoms with Crippen LogP contribution in [0.15, 0.2) is 45.5 Å². The fourth-order valence-electron chi connectivity index (χ4n) is 1.42. The van der Waals surface area contributed by atoms with Crippen molar-refractivity contribution in [2.75, 3.05) is 12.8 Å². The molecule has 1 aromatic heterocycles. The van der Waals surface area contributed by atoms with Gasteiger partial charge in [0, 0.05) is 23.0 Å². The van der Waals surface area contributed by atoms with Gasteiger partial charge in [0.2, 0.25) is 10.0 Å². The molecule has 0 saturated heterocycles. The van der Waals surface area contributed by atoms with Gasteiger partial charge in [0.05, 0.1) is 4.90 Å². The van der Waals surface area contributed by atoms with E-state index >= 15 is 0 Å². The summed E-state index contributed by atoms with van der Waals surface area (Å²) in [5.41, 5.74) is 7.29. The molecule has 0 atom stereocenters. The van der Waals surface area contributed by atoms with Crippen LogP contribution in [0, 0.1) is 6.92 Å². The zero-order valence-electron chi connectivity index (χ0n) is 11.0. The second kappa shape index (κ2) is 5.78. The van der Waals surface area contributed by atoms with E-state index in [4.69, 9.17) is 5.73 Å². The molecule has 0 bridgehead atoms. The molecule has 6 nitrogen and oxygen atoms in total. The third-order valence-corrected chi connectivity index (χ3v) is 4.90. The van der Waals surface area contributed by atoms with Gasteiger partial charge in [-0.15, -0.1) is 0 Å². The smallest absolute Gasteiger partial charge is 0.240 e. The van der Waals surface area contributed by atoms with E-state index in [2.05, 4.69) is 14.7 Å². The van der Waals surface area contributed by atoms with E-state index in [9.17, 15) is 8.42 Å². The molecule has 1 aromatic carbocycles. The summed E-state index contributed by atoms with van der Waals surface area (Å²) in [4.78, 5) is 9.07. The van der Waals surface area contributed by atoms with Gasteiger partial charge in [0.15, 0.2) is 5.16 Å². The lowest BCUT2D eigenvalue weighted by molar-refractivity contribution is 0.588. The molecule has 20 heavy (non-hydrogen) atoms. The van der Waals surface area contributed by atoms with Crippen LogP contribution in [0.5, 0.6) is 0 Å². The molecule has 0 fully saturated rings. The van der Waals surface area contributed by atoms with Crippen LogP contribution in [0.3, 0.4) is 0 Å². The minimum atomic E-state index is -3.50. The van der Waals surface area contributed by atoms with E-state index in [0.29, 0.717) is 15.7 Å². The molecular weight excluding hydrogens is 296 g/mol. The molecule has 8 heteroatoms. The number of nitrogens with zero attached hydrogens (tertiary/aromatic N) is 2. The Bertz CT molecular complexity index is 715. The summed E-state index contributed by atoms with van der Waals surface area (Å²) in [6.07, 6.45) is 3.39. The van der Waals surface area contributed by atoms with Crippen molar-refractivity contribution in [2.45, 2.75) is 21.9 Å². The van der Waals surface area contributed by atoms with Gasteiger partial charge in [-0.25, -0.2) is 23.1 Å². The van der Waals surface area contributed by atoms with E-state index < -0.39 is 10.0 Å². The maximum atomic E-state index is 11.8. The quantitative estimate of drug-likeness (QED) is 0.655. The molecular formula is C12H14N4O2S2. The molecule has 2 rings (SSSR count). The second-order valence-electron chi connectivity index (χ2n) is 4.05. The first-order valence-electron chi connectivity index (χ1n) is 5.72. The topological polar surface area (TPSA) is 98.0 Å². The number of sulfonamides is 1. The van der Waals surface area contributed by atoms with E-state index in [0.717, 1.165) is 5.56 Å². The highest BCUT2D eigenvalue weighted by Crippen LogP contribution is 2.31. The van der Waals surface area contributed by atoms with Gasteiger partial charge >= 0.3 is 0 Å². The molecule has 0 aliphatic carbocycles. The van der Waals surface area contributed by atoms with Gasteiger partial charge in [-0.1, -0.05) is 0 Å². The molecule has 0 unspecified atom stereocenters. The lowest BCUT2D eigenvalue weighted by Gasteiger charge is -2.08. The predicted octanol–water partition coefficient (Wildman–Crippen LogP) is 1.43. The van der Waals surface area contributed by atoms with Crippen molar-refractivity contribution < 1.29 is 8.42 Å². The standard InChI is InChI=1S/C12H14N4O2S2/c1-8-6-15-12(16-7-8)19-11-5-9(3-4-10(11)13)20(17,18)14-2/h3-7,14H,13H2,1-2H3. The van der Waals surface area contributed by atoms with Crippen LogP contribution < -0.4 is 10.5 Å². The van der Waals surface area contributed by atoms with Gasteiger partial charge in [-0.2, -0.15) is 0 Å². The zero-order chi connectivity index (χ0) is 14.8. The number of nitrogen functional groups attached to an aromatic ring is 1. The summed E-state index contributed by atoms with van der Waals surface area (Å²) >= 11 is 1.22. The Hall–Kier alpha value is -1.64. The molecule has 0 radical (unpaired) electrons. The molecule has 0 saturated carbocycles. The number of anilines is 1. The first-order chi connectivity index (χ1) is 9.42. The van der Waals surface area contributed by atoms with E-state index in [-0.39, 0.29) is 4.90 Å². The Labute approximate surface area is 121 Å². The summed E-state index contributed by atoms with van der Waals surface area (Å²) in [5, 5.41) is 0.515. The summed E-state index contributed by atoms with van der Waals surface area (Å²) in [5.74, 6) is 0. The van der Waals surface area contributed by atoms with Crippen molar-refractivity contribution in [3.63, 3.8) is 0 Å². The summed E-state index contributed by atoms with van der Waals surface area (Å²) in [6.45, 7) is 1.89. The lowest BCUT2D eigenvalue weighted by Crippen LogP contribution is -2.18. The first kappa shape index (κ1) is 14.8. The van der Waals surface area contributed by atoms with Crippen LogP contribution >= 0.6 is 11.8 Å². The number of benzene rings is 1. The van der Waals surface area contributed by atoms with Gasteiger partial charge in [-0.3, -0.25) is 0 Å². The van der Waals surface area contributed by atoms with Crippen molar-refractivity contribution in [2.24, 2.45) is 0 Å². The Balaban J connectivity index is 2.36. The Morgan fingerprint density at radius 1 is 1.25 bits per heavy atom. The number of nitrogens with two attached hydrogens (primary N) is 1. The molecule has 2 aromatic rings. The van der Waals surface area contributed by atoms with Crippen LogP contribution in [-0.4, -0.2) is 25.4 Å². The van der Waals surface area contributed by atoms with Gasteiger partial charge in [0.1, 0.15) is 0 Å². The maximum Gasteiger partial charge on any atom is 0.240 e. The van der Waals surface area contributed by atoms with E-state index in [1.165, 1.54) is 30.9 Å². The van der Waals surface area contributed by atoms with Gasteiger partial charge < -0.3 is 5.73 Å². The van der Waals surface area contributed by atoms with Crippen LogP contribution in [0.1, 0.15) is 5.56 Å². The number of hydrogen-bond donors (Lipinski definition) is 2. The van der Waals surface area contributed by atoms with Crippen molar-refractivity contribution in [1.29, 1.82) is 0 Å². The highest BCUT2D eigenvalue weighted by atomic mass is 32.2. The van der Waals surface area contributed by atoms with Crippen LogP contribution in [0.2, 0.25) is 0 Å². The van der Waals surface area contributed by atoms with Crippen molar-refractivity contribution in [3.8, 4) is 0 Å². The van der Waals surface area contributed by atoms with Crippen molar-refractivity contribution in [3.05, 3.63) is 36.2 Å². The van der Waals surface area contributed by atoms with Crippen molar-refractivity contribution in [1.82, 2.24) is 14.7 Å². The fraction of sp³-hybridized carbons (Fsp3) is 0.167. The number of nitrogens with one attached hydrogen (secondary N) is 1. The third kappa shape index (κ3) is 3.27. The van der Waals surface area contributed by atoms with E-state index in [1.807, 2.05) is 6.92 Å². The summed E-state index contributed by atoms with van der Waals surface area (Å²) in [6, 6.07) is 4.52. The number of hydrogen-bond acceptors (Lipinski definition) is 6. The predicted molar refractivity (Wildman–Crippen MR) is 78.0 cm³/mol. The highest BCUT2D eigenvalue weighted by Gasteiger charge is 2.14. The third-order valence-electron chi connectivity index (χ3n) is 2.52. The van der Waals surface area contributed by atoms with Gasteiger partial charge in [0.25, 0.3) is 0 Å². The highest BCUT2D eigenvalue weighted by molar-refractivity contribution is 7.99. The average molecular weight is 310 g/mol. The molecule has 106 valence electrons.